The van der Waals surface area contributed by atoms with Crippen LogP contribution in [0.2, 0.25) is 0 Å². The van der Waals surface area contributed by atoms with E-state index in [1.54, 1.807) is 6.92 Å². The molecular formula is C10H15NO2. The molecule has 1 aliphatic heterocycles. The van der Waals surface area contributed by atoms with E-state index in [0.29, 0.717) is 5.71 Å². The molecule has 0 saturated carbocycles. The molecule has 0 N–H and O–H groups in total. The molecule has 13 heavy (non-hydrogen) atoms. The van der Waals surface area contributed by atoms with Gasteiger partial charge >= 0.3 is 0 Å². The molecule has 3 nitrogen and oxygen atoms in total. The monoisotopic (exact) mass is 181 g/mol. The fourth-order valence-corrected chi connectivity index (χ4v) is 1.36. The minimum atomic E-state index is -0.388. The fraction of sp³-hybridized carbons (Fsp3) is 0.600. The van der Waals surface area contributed by atoms with Crippen LogP contribution < -0.4 is 0 Å². The Balaban J connectivity index is 2.76. The molecule has 0 bridgehead atoms. The van der Waals surface area contributed by atoms with Gasteiger partial charge in [-0.25, -0.2) is 0 Å². The standard InChI is InChI=1S/C10H15NO2/c1-6-5-7(2)11-9(6)10(12)8(3)13-4/h5-6,8H,1-4H3/t6?,8-/m0/s1. The first kappa shape index (κ1) is 10.1. The summed E-state index contributed by atoms with van der Waals surface area (Å²) in [5, 5.41) is 0. The van der Waals surface area contributed by atoms with Crippen molar-refractivity contribution in [3.05, 3.63) is 11.8 Å². The Bertz CT molecular complexity index is 279. The maximum absolute atomic E-state index is 11.6. The number of allylic oxidation sites excluding steroid dienone is 2. The van der Waals surface area contributed by atoms with E-state index in [-0.39, 0.29) is 17.8 Å². The lowest BCUT2D eigenvalue weighted by molar-refractivity contribution is -0.121. The third-order valence-electron chi connectivity index (χ3n) is 2.19. The second-order valence-corrected chi connectivity index (χ2v) is 3.34. The van der Waals surface area contributed by atoms with Crippen LogP contribution >= 0.6 is 0 Å². The molecule has 0 spiro atoms. The zero-order valence-electron chi connectivity index (χ0n) is 8.50. The van der Waals surface area contributed by atoms with Crippen LogP contribution in [0.15, 0.2) is 16.8 Å². The third kappa shape index (κ3) is 2.04. The van der Waals surface area contributed by atoms with Gasteiger partial charge in [0.05, 0.1) is 5.71 Å². The average molecular weight is 181 g/mol. The highest BCUT2D eigenvalue weighted by molar-refractivity contribution is 6.43. The predicted octanol–water partition coefficient (Wildman–Crippen LogP) is 1.58. The normalized spacial score (nSPS) is 23.8. The number of aliphatic imine (C=N–C) groups is 1. The SMILES string of the molecule is CO[C@@H](C)C(=O)C1=NC(C)=CC1C. The lowest BCUT2D eigenvalue weighted by Gasteiger charge is -2.10. The molecule has 72 valence electrons. The molecule has 0 aromatic rings. The molecule has 0 radical (unpaired) electrons. The van der Waals surface area contributed by atoms with Gasteiger partial charge in [-0.05, 0) is 13.8 Å². The summed E-state index contributed by atoms with van der Waals surface area (Å²) < 4.78 is 4.95. The highest BCUT2D eigenvalue weighted by atomic mass is 16.5. The molecular weight excluding hydrogens is 166 g/mol. The first-order valence-electron chi connectivity index (χ1n) is 4.40. The highest BCUT2D eigenvalue weighted by Crippen LogP contribution is 2.17. The number of hydrogen-bond acceptors (Lipinski definition) is 3. The molecule has 1 rings (SSSR count). The smallest absolute Gasteiger partial charge is 0.205 e. The van der Waals surface area contributed by atoms with Crippen LogP contribution in [0, 0.1) is 5.92 Å². The van der Waals surface area contributed by atoms with Crippen LogP contribution in [0.5, 0.6) is 0 Å². The molecule has 1 unspecified atom stereocenters. The summed E-state index contributed by atoms with van der Waals surface area (Å²) in [6.07, 6.45) is 1.59. The number of ether oxygens (including phenoxy) is 1. The molecule has 0 aromatic heterocycles. The Morgan fingerprint density at radius 3 is 2.69 bits per heavy atom. The highest BCUT2D eigenvalue weighted by Gasteiger charge is 2.25. The number of rotatable bonds is 3. The first-order chi connectivity index (χ1) is 6.06. The van der Waals surface area contributed by atoms with Crippen LogP contribution in [0.25, 0.3) is 0 Å². The van der Waals surface area contributed by atoms with Crippen molar-refractivity contribution in [3.63, 3.8) is 0 Å². The van der Waals surface area contributed by atoms with E-state index in [1.807, 2.05) is 19.9 Å². The van der Waals surface area contributed by atoms with E-state index >= 15 is 0 Å². The Labute approximate surface area is 78.5 Å². The summed E-state index contributed by atoms with van der Waals surface area (Å²) in [4.78, 5) is 15.8. The van der Waals surface area contributed by atoms with Gasteiger partial charge in [0, 0.05) is 18.7 Å². The molecule has 1 aliphatic rings. The minimum absolute atomic E-state index is 0.0110. The average Bonchev–Trinajstić information content (AvgIpc) is 2.42. The second kappa shape index (κ2) is 3.83. The summed E-state index contributed by atoms with van der Waals surface area (Å²) >= 11 is 0. The topological polar surface area (TPSA) is 38.7 Å². The van der Waals surface area contributed by atoms with Crippen LogP contribution in [-0.4, -0.2) is 24.7 Å². The van der Waals surface area contributed by atoms with Crippen molar-refractivity contribution in [2.24, 2.45) is 10.9 Å². The lowest BCUT2D eigenvalue weighted by Crippen LogP contribution is -2.29. The minimum Gasteiger partial charge on any atom is -0.374 e. The quantitative estimate of drug-likeness (QED) is 0.663. The number of nitrogens with zero attached hydrogens (tertiary/aromatic N) is 1. The number of Topliss-reactive ketones (excluding diaryl/α,β-unsaturated/α-hetero) is 1. The van der Waals surface area contributed by atoms with Crippen LogP contribution in [0.1, 0.15) is 20.8 Å². The van der Waals surface area contributed by atoms with Gasteiger partial charge in [-0.1, -0.05) is 13.0 Å². The zero-order chi connectivity index (χ0) is 10.0. The summed E-state index contributed by atoms with van der Waals surface area (Å²) in [7, 11) is 1.53. The van der Waals surface area contributed by atoms with E-state index in [2.05, 4.69) is 4.99 Å². The number of ketones is 1. The van der Waals surface area contributed by atoms with Gasteiger partial charge in [-0.3, -0.25) is 9.79 Å². The van der Waals surface area contributed by atoms with E-state index < -0.39 is 0 Å². The summed E-state index contributed by atoms with van der Waals surface area (Å²) in [6, 6.07) is 0. The number of methoxy groups -OCH3 is 1. The van der Waals surface area contributed by atoms with Crippen LogP contribution in [0.3, 0.4) is 0 Å². The largest absolute Gasteiger partial charge is 0.374 e. The van der Waals surface area contributed by atoms with Crippen LogP contribution in [-0.2, 0) is 9.53 Å². The van der Waals surface area contributed by atoms with Gasteiger partial charge in [0.25, 0.3) is 0 Å². The Hall–Kier alpha value is -0.960. The summed E-state index contributed by atoms with van der Waals surface area (Å²) in [5.74, 6) is 0.119. The first-order valence-corrected chi connectivity index (χ1v) is 4.40. The van der Waals surface area contributed by atoms with Gasteiger partial charge in [-0.2, -0.15) is 0 Å². The van der Waals surface area contributed by atoms with Crippen molar-refractivity contribution in [2.75, 3.05) is 7.11 Å². The van der Waals surface area contributed by atoms with Gasteiger partial charge in [-0.15, -0.1) is 0 Å². The summed E-state index contributed by atoms with van der Waals surface area (Å²) in [5.41, 5.74) is 1.53. The second-order valence-electron chi connectivity index (χ2n) is 3.34. The molecule has 3 heteroatoms. The van der Waals surface area contributed by atoms with E-state index in [0.717, 1.165) is 5.70 Å². The molecule has 1 heterocycles. The zero-order valence-corrected chi connectivity index (χ0v) is 8.50. The lowest BCUT2D eigenvalue weighted by atomic mass is 10.0. The molecule has 0 amide bonds. The Morgan fingerprint density at radius 1 is 1.69 bits per heavy atom. The van der Waals surface area contributed by atoms with E-state index in [9.17, 15) is 4.79 Å². The van der Waals surface area contributed by atoms with Crippen molar-refractivity contribution in [3.8, 4) is 0 Å². The number of carbonyl (C=O) groups excluding carboxylic acids is 1. The van der Waals surface area contributed by atoms with Crippen molar-refractivity contribution < 1.29 is 9.53 Å². The third-order valence-corrected chi connectivity index (χ3v) is 2.19. The maximum atomic E-state index is 11.6. The van der Waals surface area contributed by atoms with Crippen molar-refractivity contribution in [1.82, 2.24) is 0 Å². The molecule has 0 aromatic carbocycles. The van der Waals surface area contributed by atoms with Crippen molar-refractivity contribution in [1.29, 1.82) is 0 Å². The number of carbonyl (C=O) groups is 1. The number of hydrogen-bond donors (Lipinski definition) is 0. The fourth-order valence-electron chi connectivity index (χ4n) is 1.36. The van der Waals surface area contributed by atoms with Gasteiger partial charge in [0.2, 0.25) is 5.78 Å². The van der Waals surface area contributed by atoms with Gasteiger partial charge in [0.15, 0.2) is 0 Å². The molecule has 2 atom stereocenters. The van der Waals surface area contributed by atoms with Gasteiger partial charge in [0.1, 0.15) is 6.10 Å². The van der Waals surface area contributed by atoms with Crippen molar-refractivity contribution >= 4 is 11.5 Å². The Morgan fingerprint density at radius 2 is 2.31 bits per heavy atom. The van der Waals surface area contributed by atoms with Crippen LogP contribution in [0.4, 0.5) is 0 Å². The van der Waals surface area contributed by atoms with E-state index in [1.165, 1.54) is 7.11 Å². The van der Waals surface area contributed by atoms with E-state index in [4.69, 9.17) is 4.74 Å². The molecule has 0 fully saturated rings. The van der Waals surface area contributed by atoms with Gasteiger partial charge < -0.3 is 4.74 Å². The van der Waals surface area contributed by atoms with Crippen molar-refractivity contribution in [2.45, 2.75) is 26.9 Å². The maximum Gasteiger partial charge on any atom is 0.205 e. The molecule has 0 saturated heterocycles. The Kier molecular flexibility index (Phi) is 2.98. The summed E-state index contributed by atoms with van der Waals surface area (Å²) in [6.45, 7) is 5.61. The molecule has 0 aliphatic carbocycles. The predicted molar refractivity (Wildman–Crippen MR) is 51.8 cm³/mol.